The second kappa shape index (κ2) is 8.76. The Labute approximate surface area is 170 Å². The molecule has 2 atom stereocenters. The van der Waals surface area contributed by atoms with Gasteiger partial charge in [-0.15, -0.1) is 0 Å². The number of carbonyl (C=O) groups is 2. The molecule has 0 aromatic carbocycles. The standard InChI is InChI=1S/C18H20N2O3.C2HF3O2/c21-17(16-6-3-9-22-16)20-11-14-4-1-7-18(14,12-20)13-23-15-5-2-8-19-10-15;3-2(4,5)1(6)7/h2-3,5-6,8-10,14H,1,4,7,11-13H2;(H,6,7)/t14-,18+;/m1./s1. The van der Waals surface area contributed by atoms with Crippen molar-refractivity contribution >= 4 is 11.9 Å². The molecule has 2 fully saturated rings. The highest BCUT2D eigenvalue weighted by atomic mass is 19.4. The number of fused-ring (bicyclic) bond motifs is 1. The van der Waals surface area contributed by atoms with Crippen LogP contribution in [0.15, 0.2) is 47.3 Å². The Bertz CT molecular complexity index is 857. The first-order chi connectivity index (χ1) is 14.2. The van der Waals surface area contributed by atoms with Crippen LogP contribution in [0.4, 0.5) is 13.2 Å². The lowest BCUT2D eigenvalue weighted by molar-refractivity contribution is -0.192. The van der Waals surface area contributed by atoms with Crippen molar-refractivity contribution < 1.29 is 37.0 Å². The number of alkyl halides is 3. The number of nitrogens with zero attached hydrogens (tertiary/aromatic N) is 2. The van der Waals surface area contributed by atoms with Crippen molar-refractivity contribution in [3.05, 3.63) is 48.7 Å². The molecule has 1 saturated heterocycles. The van der Waals surface area contributed by atoms with E-state index in [-0.39, 0.29) is 11.3 Å². The van der Waals surface area contributed by atoms with E-state index in [1.54, 1.807) is 30.8 Å². The van der Waals surface area contributed by atoms with E-state index in [9.17, 15) is 18.0 Å². The van der Waals surface area contributed by atoms with Crippen LogP contribution >= 0.6 is 0 Å². The summed E-state index contributed by atoms with van der Waals surface area (Å²) in [5, 5.41) is 7.12. The number of halogens is 3. The minimum atomic E-state index is -5.08. The van der Waals surface area contributed by atoms with Gasteiger partial charge >= 0.3 is 12.1 Å². The van der Waals surface area contributed by atoms with E-state index >= 15 is 0 Å². The fourth-order valence-corrected chi connectivity index (χ4v) is 4.02. The molecule has 1 amide bonds. The topological polar surface area (TPSA) is 92.9 Å². The van der Waals surface area contributed by atoms with Crippen LogP contribution in [0.1, 0.15) is 29.8 Å². The lowest BCUT2D eigenvalue weighted by Crippen LogP contribution is -2.35. The molecule has 10 heteroatoms. The van der Waals surface area contributed by atoms with Gasteiger partial charge in [-0.2, -0.15) is 13.2 Å². The average Bonchev–Trinajstić information content (AvgIpc) is 3.42. The molecular formula is C20H21F3N2O5. The first kappa shape index (κ1) is 21.7. The van der Waals surface area contributed by atoms with Crippen LogP contribution in [0, 0.1) is 11.3 Å². The first-order valence-corrected chi connectivity index (χ1v) is 9.37. The molecule has 1 N–H and O–H groups in total. The second-order valence-electron chi connectivity index (χ2n) is 7.39. The zero-order valence-electron chi connectivity index (χ0n) is 16.0. The predicted octanol–water partition coefficient (Wildman–Crippen LogP) is 3.63. The molecule has 30 heavy (non-hydrogen) atoms. The number of hydrogen-bond donors (Lipinski definition) is 1. The highest BCUT2D eigenvalue weighted by Gasteiger charge is 2.51. The van der Waals surface area contributed by atoms with Gasteiger partial charge in [-0.3, -0.25) is 9.78 Å². The molecule has 1 saturated carbocycles. The average molecular weight is 426 g/mol. The zero-order chi connectivity index (χ0) is 21.8. The van der Waals surface area contributed by atoms with Crippen LogP contribution in [0.3, 0.4) is 0 Å². The molecule has 0 spiro atoms. The number of aliphatic carboxylic acids is 1. The van der Waals surface area contributed by atoms with Crippen molar-refractivity contribution in [2.24, 2.45) is 11.3 Å². The number of likely N-dealkylation sites (tertiary alicyclic amines) is 1. The fraction of sp³-hybridized carbons (Fsp3) is 0.450. The highest BCUT2D eigenvalue weighted by molar-refractivity contribution is 5.91. The Hall–Kier alpha value is -3.04. The van der Waals surface area contributed by atoms with Crippen molar-refractivity contribution in [1.29, 1.82) is 0 Å². The summed E-state index contributed by atoms with van der Waals surface area (Å²) in [7, 11) is 0. The number of furan rings is 1. The number of carboxylic acids is 1. The number of carboxylic acid groups (broad SMARTS) is 1. The lowest BCUT2D eigenvalue weighted by Gasteiger charge is -2.28. The third-order valence-corrected chi connectivity index (χ3v) is 5.46. The van der Waals surface area contributed by atoms with Gasteiger partial charge < -0.3 is 19.2 Å². The second-order valence-corrected chi connectivity index (χ2v) is 7.39. The van der Waals surface area contributed by atoms with Crippen molar-refractivity contribution in [2.75, 3.05) is 19.7 Å². The van der Waals surface area contributed by atoms with Gasteiger partial charge in [0.05, 0.1) is 19.1 Å². The summed E-state index contributed by atoms with van der Waals surface area (Å²) in [6.45, 7) is 2.19. The molecule has 1 aliphatic carbocycles. The van der Waals surface area contributed by atoms with Gasteiger partial charge in [-0.25, -0.2) is 4.79 Å². The van der Waals surface area contributed by atoms with Crippen molar-refractivity contribution in [1.82, 2.24) is 9.88 Å². The Morgan fingerprint density at radius 2 is 2.10 bits per heavy atom. The van der Waals surface area contributed by atoms with E-state index in [0.717, 1.165) is 25.3 Å². The van der Waals surface area contributed by atoms with Crippen LogP contribution in [0.25, 0.3) is 0 Å². The molecule has 0 bridgehead atoms. The Kier molecular flexibility index (Phi) is 6.33. The number of carbonyl (C=O) groups excluding carboxylic acids is 1. The number of hydrogen-bond acceptors (Lipinski definition) is 5. The largest absolute Gasteiger partial charge is 0.491 e. The zero-order valence-corrected chi connectivity index (χ0v) is 16.0. The number of pyridine rings is 1. The highest BCUT2D eigenvalue weighted by Crippen LogP contribution is 2.49. The van der Waals surface area contributed by atoms with Gasteiger partial charge in [0.2, 0.25) is 0 Å². The van der Waals surface area contributed by atoms with Gasteiger partial charge in [-0.1, -0.05) is 6.42 Å². The molecular weight excluding hydrogens is 405 g/mol. The summed E-state index contributed by atoms with van der Waals surface area (Å²) in [6, 6.07) is 7.29. The number of amides is 1. The van der Waals surface area contributed by atoms with Crippen LogP contribution in [-0.2, 0) is 4.79 Å². The molecule has 162 valence electrons. The van der Waals surface area contributed by atoms with Crippen molar-refractivity contribution in [3.8, 4) is 5.75 Å². The van der Waals surface area contributed by atoms with Crippen LogP contribution < -0.4 is 4.74 Å². The van der Waals surface area contributed by atoms with Crippen molar-refractivity contribution in [2.45, 2.75) is 25.4 Å². The molecule has 7 nitrogen and oxygen atoms in total. The molecule has 2 aromatic rings. The molecule has 2 aromatic heterocycles. The maximum Gasteiger partial charge on any atom is 0.490 e. The Morgan fingerprint density at radius 1 is 1.33 bits per heavy atom. The van der Waals surface area contributed by atoms with Crippen molar-refractivity contribution in [3.63, 3.8) is 0 Å². The lowest BCUT2D eigenvalue weighted by atomic mass is 9.81. The quantitative estimate of drug-likeness (QED) is 0.803. The Morgan fingerprint density at radius 3 is 2.70 bits per heavy atom. The summed E-state index contributed by atoms with van der Waals surface area (Å²) in [5.74, 6) is -1.03. The molecule has 0 unspecified atom stereocenters. The van der Waals surface area contributed by atoms with Gasteiger partial charge in [0.15, 0.2) is 5.76 Å². The molecule has 2 aliphatic rings. The van der Waals surface area contributed by atoms with E-state index in [4.69, 9.17) is 19.1 Å². The molecule has 1 aliphatic heterocycles. The smallest absolute Gasteiger partial charge is 0.490 e. The number of ether oxygens (including phenoxy) is 1. The van der Waals surface area contributed by atoms with E-state index in [1.165, 1.54) is 12.8 Å². The Balaban J connectivity index is 0.000000318. The maximum absolute atomic E-state index is 12.5. The monoisotopic (exact) mass is 426 g/mol. The van der Waals surface area contributed by atoms with Crippen LogP contribution in [0.5, 0.6) is 5.75 Å². The van der Waals surface area contributed by atoms with E-state index < -0.39 is 12.1 Å². The van der Waals surface area contributed by atoms with E-state index in [0.29, 0.717) is 18.3 Å². The number of aromatic nitrogens is 1. The molecule has 3 heterocycles. The van der Waals surface area contributed by atoms with E-state index in [1.807, 2.05) is 17.0 Å². The molecule has 4 rings (SSSR count). The van der Waals surface area contributed by atoms with Gasteiger partial charge in [0.1, 0.15) is 5.75 Å². The minimum Gasteiger partial charge on any atom is -0.491 e. The summed E-state index contributed by atoms with van der Waals surface area (Å²) in [4.78, 5) is 27.4. The molecule has 0 radical (unpaired) electrons. The maximum atomic E-state index is 12.5. The van der Waals surface area contributed by atoms with Gasteiger partial charge in [0, 0.05) is 24.7 Å². The van der Waals surface area contributed by atoms with Gasteiger partial charge in [0.25, 0.3) is 5.91 Å². The summed E-state index contributed by atoms with van der Waals surface area (Å²) >= 11 is 0. The normalized spacial score (nSPS) is 22.8. The van der Waals surface area contributed by atoms with E-state index in [2.05, 4.69) is 4.98 Å². The van der Waals surface area contributed by atoms with Gasteiger partial charge in [-0.05, 0) is 43.0 Å². The predicted molar refractivity (Wildman–Crippen MR) is 97.8 cm³/mol. The van der Waals surface area contributed by atoms with Crippen LogP contribution in [0.2, 0.25) is 0 Å². The first-order valence-electron chi connectivity index (χ1n) is 9.37. The number of rotatable bonds is 4. The minimum absolute atomic E-state index is 0.00912. The fourth-order valence-electron chi connectivity index (χ4n) is 4.02. The third kappa shape index (κ3) is 4.92. The third-order valence-electron chi connectivity index (χ3n) is 5.46. The summed E-state index contributed by atoms with van der Waals surface area (Å²) in [5.41, 5.74) is 0.0676. The summed E-state index contributed by atoms with van der Waals surface area (Å²) < 4.78 is 43.0. The van der Waals surface area contributed by atoms with Crippen LogP contribution in [-0.4, -0.2) is 52.7 Å². The summed E-state index contributed by atoms with van der Waals surface area (Å²) in [6.07, 6.45) is 3.43. The SMILES string of the molecule is O=C(O)C(F)(F)F.O=C(c1ccco1)N1C[C@H]2CCC[C@@]2(COc2cccnc2)C1.